The third kappa shape index (κ3) is 2.50. The van der Waals surface area contributed by atoms with Gasteiger partial charge in [-0.05, 0) is 42.5 Å². The van der Waals surface area contributed by atoms with E-state index in [4.69, 9.17) is 4.42 Å². The molecule has 2 bridgehead atoms. The van der Waals surface area contributed by atoms with Crippen molar-refractivity contribution in [3.8, 4) is 10.8 Å². The van der Waals surface area contributed by atoms with Gasteiger partial charge in [-0.2, -0.15) is 0 Å². The van der Waals surface area contributed by atoms with E-state index in [0.717, 1.165) is 22.9 Å². The highest BCUT2D eigenvalue weighted by atomic mass is 32.1. The molecule has 2 aliphatic rings. The standard InChI is InChI=1S/C16H18N2O2S/c19-15(13-7-10-3-4-11(13)6-10)17-8-12-9-20-16(18-12)14-2-1-5-21-14/h1-2,5,9-11,13H,3-4,6-8H2,(H,17,19)/t10-,11-,13-/m0/s1. The van der Waals surface area contributed by atoms with Crippen molar-refractivity contribution in [2.24, 2.45) is 17.8 Å². The molecule has 2 saturated carbocycles. The van der Waals surface area contributed by atoms with Gasteiger partial charge in [-0.1, -0.05) is 12.5 Å². The quantitative estimate of drug-likeness (QED) is 0.941. The number of nitrogens with zero attached hydrogens (tertiary/aromatic N) is 1. The molecule has 2 aromatic rings. The first-order valence-corrected chi connectivity index (χ1v) is 8.43. The van der Waals surface area contributed by atoms with Gasteiger partial charge in [0.15, 0.2) is 0 Å². The summed E-state index contributed by atoms with van der Waals surface area (Å²) in [4.78, 5) is 17.7. The summed E-state index contributed by atoms with van der Waals surface area (Å²) < 4.78 is 5.46. The molecular formula is C16H18N2O2S. The molecule has 0 radical (unpaired) electrons. The molecule has 2 fully saturated rings. The largest absolute Gasteiger partial charge is 0.443 e. The van der Waals surface area contributed by atoms with Crippen LogP contribution in [0.4, 0.5) is 0 Å². The summed E-state index contributed by atoms with van der Waals surface area (Å²) in [5, 5.41) is 5.02. The van der Waals surface area contributed by atoms with Crippen LogP contribution in [0.3, 0.4) is 0 Å². The molecule has 0 saturated heterocycles. The zero-order valence-electron chi connectivity index (χ0n) is 11.7. The van der Waals surface area contributed by atoms with Crippen molar-refractivity contribution in [2.45, 2.75) is 32.2 Å². The summed E-state index contributed by atoms with van der Waals surface area (Å²) >= 11 is 1.60. The monoisotopic (exact) mass is 302 g/mol. The molecule has 110 valence electrons. The van der Waals surface area contributed by atoms with Crippen LogP contribution < -0.4 is 5.32 Å². The number of aromatic nitrogens is 1. The molecule has 2 aromatic heterocycles. The topological polar surface area (TPSA) is 55.1 Å². The SMILES string of the molecule is O=C(NCc1coc(-c2cccs2)n1)[C@H]1C[C@H]2CC[C@H]1C2. The summed E-state index contributed by atoms with van der Waals surface area (Å²) in [6, 6.07) is 3.95. The highest BCUT2D eigenvalue weighted by Gasteiger charge is 2.42. The van der Waals surface area contributed by atoms with Crippen molar-refractivity contribution in [1.82, 2.24) is 10.3 Å². The number of hydrogen-bond acceptors (Lipinski definition) is 4. The van der Waals surface area contributed by atoms with Crippen LogP contribution in [-0.2, 0) is 11.3 Å². The highest BCUT2D eigenvalue weighted by Crippen LogP contribution is 2.48. The van der Waals surface area contributed by atoms with Crippen LogP contribution in [0.5, 0.6) is 0 Å². The first-order valence-electron chi connectivity index (χ1n) is 7.55. The van der Waals surface area contributed by atoms with Crippen LogP contribution in [0.2, 0.25) is 0 Å². The third-order valence-corrected chi connectivity index (χ3v) is 5.66. The third-order valence-electron chi connectivity index (χ3n) is 4.80. The Bertz CT molecular complexity index is 635. The van der Waals surface area contributed by atoms with Crippen molar-refractivity contribution in [1.29, 1.82) is 0 Å². The average Bonchev–Trinajstić information content (AvgIpc) is 3.28. The first kappa shape index (κ1) is 13.1. The Balaban J connectivity index is 1.35. The number of carbonyl (C=O) groups excluding carboxylic acids is 1. The zero-order valence-corrected chi connectivity index (χ0v) is 12.6. The Hall–Kier alpha value is -1.62. The summed E-state index contributed by atoms with van der Waals surface area (Å²) in [6.45, 7) is 0.460. The molecular weight excluding hydrogens is 284 g/mol. The minimum absolute atomic E-state index is 0.197. The van der Waals surface area contributed by atoms with E-state index in [2.05, 4.69) is 10.3 Å². The smallest absolute Gasteiger partial charge is 0.236 e. The van der Waals surface area contributed by atoms with E-state index < -0.39 is 0 Å². The highest BCUT2D eigenvalue weighted by molar-refractivity contribution is 7.13. The normalized spacial score (nSPS) is 27.1. The van der Waals surface area contributed by atoms with Crippen molar-refractivity contribution in [3.63, 3.8) is 0 Å². The molecule has 2 aliphatic carbocycles. The second kappa shape index (κ2) is 5.30. The lowest BCUT2D eigenvalue weighted by Crippen LogP contribution is -2.33. The Labute approximate surface area is 127 Å². The van der Waals surface area contributed by atoms with Gasteiger partial charge in [0.1, 0.15) is 6.26 Å². The Morgan fingerprint density at radius 2 is 2.38 bits per heavy atom. The van der Waals surface area contributed by atoms with E-state index in [0.29, 0.717) is 18.4 Å². The first-order chi connectivity index (χ1) is 10.3. The number of thiophene rings is 1. The lowest BCUT2D eigenvalue weighted by Gasteiger charge is -2.20. The second-order valence-corrected chi connectivity index (χ2v) is 7.07. The van der Waals surface area contributed by atoms with E-state index in [1.54, 1.807) is 17.6 Å². The van der Waals surface area contributed by atoms with Gasteiger partial charge < -0.3 is 9.73 Å². The van der Waals surface area contributed by atoms with Crippen LogP contribution >= 0.6 is 11.3 Å². The Morgan fingerprint density at radius 1 is 1.43 bits per heavy atom. The molecule has 3 atom stereocenters. The molecule has 4 rings (SSSR count). The lowest BCUT2D eigenvalue weighted by molar-refractivity contribution is -0.126. The fourth-order valence-corrected chi connectivity index (χ4v) is 4.43. The molecule has 0 spiro atoms. The van der Waals surface area contributed by atoms with Crippen LogP contribution in [0.1, 0.15) is 31.4 Å². The van der Waals surface area contributed by atoms with Crippen molar-refractivity contribution < 1.29 is 9.21 Å². The molecule has 4 nitrogen and oxygen atoms in total. The Morgan fingerprint density at radius 3 is 3.10 bits per heavy atom. The summed E-state index contributed by atoms with van der Waals surface area (Å²) in [6.07, 6.45) is 6.52. The molecule has 0 aromatic carbocycles. The van der Waals surface area contributed by atoms with Crippen molar-refractivity contribution in [3.05, 3.63) is 29.5 Å². The number of amides is 1. The van der Waals surface area contributed by atoms with Crippen LogP contribution in [0, 0.1) is 17.8 Å². The van der Waals surface area contributed by atoms with Crippen LogP contribution in [-0.4, -0.2) is 10.9 Å². The lowest BCUT2D eigenvalue weighted by atomic mass is 9.88. The molecule has 0 unspecified atom stereocenters. The summed E-state index contributed by atoms with van der Waals surface area (Å²) in [7, 11) is 0. The van der Waals surface area contributed by atoms with Gasteiger partial charge in [-0.25, -0.2) is 4.98 Å². The van der Waals surface area contributed by atoms with E-state index in [-0.39, 0.29) is 11.8 Å². The number of carbonyl (C=O) groups is 1. The average molecular weight is 302 g/mol. The maximum absolute atomic E-state index is 12.3. The maximum Gasteiger partial charge on any atom is 0.236 e. The van der Waals surface area contributed by atoms with Gasteiger partial charge in [-0.3, -0.25) is 4.79 Å². The zero-order chi connectivity index (χ0) is 14.2. The molecule has 2 heterocycles. The fraction of sp³-hybridized carbons (Fsp3) is 0.500. The predicted octanol–water partition coefficient (Wildman–Crippen LogP) is 3.46. The number of fused-ring (bicyclic) bond motifs is 2. The van der Waals surface area contributed by atoms with Gasteiger partial charge in [0, 0.05) is 5.92 Å². The summed E-state index contributed by atoms with van der Waals surface area (Å²) in [5.74, 6) is 2.47. The number of hydrogen-bond donors (Lipinski definition) is 1. The maximum atomic E-state index is 12.3. The van der Waals surface area contributed by atoms with Gasteiger partial charge in [0.05, 0.1) is 17.1 Å². The molecule has 5 heteroatoms. The van der Waals surface area contributed by atoms with Crippen LogP contribution in [0.25, 0.3) is 10.8 Å². The Kier molecular flexibility index (Phi) is 3.30. The number of oxazole rings is 1. The van der Waals surface area contributed by atoms with Crippen molar-refractivity contribution in [2.75, 3.05) is 0 Å². The number of nitrogens with one attached hydrogen (secondary N) is 1. The van der Waals surface area contributed by atoms with Gasteiger partial charge >= 0.3 is 0 Å². The minimum Gasteiger partial charge on any atom is -0.443 e. The molecule has 0 aliphatic heterocycles. The number of rotatable bonds is 4. The van der Waals surface area contributed by atoms with E-state index >= 15 is 0 Å². The predicted molar refractivity (Wildman–Crippen MR) is 80.6 cm³/mol. The van der Waals surface area contributed by atoms with E-state index in [1.165, 1.54) is 19.3 Å². The molecule has 1 amide bonds. The van der Waals surface area contributed by atoms with Gasteiger partial charge in [-0.15, -0.1) is 11.3 Å². The van der Waals surface area contributed by atoms with E-state index in [9.17, 15) is 4.79 Å². The second-order valence-electron chi connectivity index (χ2n) is 6.12. The molecule has 21 heavy (non-hydrogen) atoms. The van der Waals surface area contributed by atoms with Crippen LogP contribution in [0.15, 0.2) is 28.2 Å². The van der Waals surface area contributed by atoms with Gasteiger partial charge in [0.25, 0.3) is 0 Å². The summed E-state index contributed by atoms with van der Waals surface area (Å²) in [5.41, 5.74) is 0.787. The van der Waals surface area contributed by atoms with Crippen molar-refractivity contribution >= 4 is 17.2 Å². The van der Waals surface area contributed by atoms with Gasteiger partial charge in [0.2, 0.25) is 11.8 Å². The molecule has 1 N–H and O–H groups in total. The van der Waals surface area contributed by atoms with E-state index in [1.807, 2.05) is 17.5 Å². The fourth-order valence-electron chi connectivity index (χ4n) is 3.78. The minimum atomic E-state index is 0.197.